The second-order valence-electron chi connectivity index (χ2n) is 10.4. The molecule has 32 heavy (non-hydrogen) atoms. The summed E-state index contributed by atoms with van der Waals surface area (Å²) in [5, 5.41) is -0.769. The molecule has 4 aliphatic rings. The van der Waals surface area contributed by atoms with Crippen molar-refractivity contribution >= 4 is 21.4 Å². The van der Waals surface area contributed by atoms with Gasteiger partial charge in [-0.2, -0.15) is 0 Å². The average Bonchev–Trinajstić information content (AvgIpc) is 3.11. The molecule has 2 N–H and O–H groups in total. The summed E-state index contributed by atoms with van der Waals surface area (Å²) in [5.41, 5.74) is 6.89. The zero-order valence-electron chi connectivity index (χ0n) is 18.7. The fourth-order valence-electron chi connectivity index (χ4n) is 7.36. The van der Waals surface area contributed by atoms with Crippen LogP contribution in [-0.2, 0) is 19.4 Å². The number of carbonyl (C=O) groups excluding carboxylic acids is 2. The Morgan fingerprint density at radius 2 is 1.81 bits per heavy atom. The van der Waals surface area contributed by atoms with Gasteiger partial charge < -0.3 is 5.73 Å². The van der Waals surface area contributed by atoms with Gasteiger partial charge in [0.25, 0.3) is 0 Å². The van der Waals surface area contributed by atoms with Crippen LogP contribution >= 0.6 is 0 Å². The van der Waals surface area contributed by atoms with E-state index in [4.69, 9.17) is 5.73 Å². The normalized spacial score (nSPS) is 38.7. The highest BCUT2D eigenvalue weighted by atomic mass is 32.2. The second-order valence-corrected chi connectivity index (χ2v) is 12.6. The number of rotatable bonds is 3. The zero-order valence-corrected chi connectivity index (χ0v) is 19.5. The van der Waals surface area contributed by atoms with E-state index >= 15 is 0 Å². The molecule has 0 aliphatic heterocycles. The van der Waals surface area contributed by atoms with E-state index in [-0.39, 0.29) is 29.3 Å². The van der Waals surface area contributed by atoms with E-state index in [2.05, 4.69) is 6.92 Å². The third kappa shape index (κ3) is 2.88. The number of fused-ring (bicyclic) bond motifs is 5. The summed E-state index contributed by atoms with van der Waals surface area (Å²) in [6.45, 7) is 4.35. The summed E-state index contributed by atoms with van der Waals surface area (Å²) in [6.07, 6.45) is 8.44. The maximum absolute atomic E-state index is 13.9. The van der Waals surface area contributed by atoms with Gasteiger partial charge in [-0.25, -0.2) is 8.42 Å². The van der Waals surface area contributed by atoms with Crippen LogP contribution in [0.25, 0.3) is 0 Å². The first kappa shape index (κ1) is 21.8. The zero-order chi connectivity index (χ0) is 22.9. The number of nitrogens with two attached hydrogens (primary N) is 1. The number of ketones is 2. The summed E-state index contributed by atoms with van der Waals surface area (Å²) in [5.74, 6) is 0.506. The van der Waals surface area contributed by atoms with Gasteiger partial charge in [0.1, 0.15) is 5.78 Å². The molecule has 0 spiro atoms. The molecule has 4 aliphatic carbocycles. The Morgan fingerprint density at radius 3 is 2.50 bits per heavy atom. The lowest BCUT2D eigenvalue weighted by Crippen LogP contribution is -2.56. The summed E-state index contributed by atoms with van der Waals surface area (Å²) in [4.78, 5) is 25.6. The first-order valence-electron chi connectivity index (χ1n) is 11.6. The molecule has 0 unspecified atom stereocenters. The van der Waals surface area contributed by atoms with Gasteiger partial charge in [-0.05, 0) is 80.2 Å². The topological polar surface area (TPSA) is 94.3 Å². The van der Waals surface area contributed by atoms with Crippen molar-refractivity contribution in [3.05, 3.63) is 53.6 Å². The Kier molecular flexibility index (Phi) is 4.92. The number of carbonyl (C=O) groups is 2. The van der Waals surface area contributed by atoms with Crippen molar-refractivity contribution in [3.8, 4) is 0 Å². The van der Waals surface area contributed by atoms with Crippen LogP contribution in [0.2, 0.25) is 0 Å². The number of aryl methyl sites for hydroxylation is 1. The molecule has 1 aromatic rings. The van der Waals surface area contributed by atoms with Crippen LogP contribution in [0.4, 0.5) is 0 Å². The van der Waals surface area contributed by atoms with E-state index in [0.29, 0.717) is 24.3 Å². The molecule has 6 heteroatoms. The molecule has 0 aromatic heterocycles. The minimum absolute atomic E-state index is 0.0870. The van der Waals surface area contributed by atoms with Crippen LogP contribution in [0.1, 0.15) is 44.6 Å². The van der Waals surface area contributed by atoms with Gasteiger partial charge in [-0.15, -0.1) is 0 Å². The van der Waals surface area contributed by atoms with Crippen LogP contribution in [0.3, 0.4) is 0 Å². The molecule has 5 rings (SSSR count). The molecule has 170 valence electrons. The number of allylic oxidation sites excluding steroid dienone is 3. The number of hydrogen-bond acceptors (Lipinski definition) is 5. The van der Waals surface area contributed by atoms with Gasteiger partial charge in [-0.1, -0.05) is 30.7 Å². The molecule has 3 saturated carbocycles. The Labute approximate surface area is 190 Å². The third-order valence-electron chi connectivity index (χ3n) is 9.09. The van der Waals surface area contributed by atoms with Gasteiger partial charge in [-0.3, -0.25) is 9.59 Å². The summed E-state index contributed by atoms with van der Waals surface area (Å²) < 4.78 is 27.8. The number of benzene rings is 1. The lowest BCUT2D eigenvalue weighted by Gasteiger charge is -2.57. The van der Waals surface area contributed by atoms with E-state index in [1.807, 2.05) is 25.1 Å². The molecule has 0 saturated heterocycles. The summed E-state index contributed by atoms with van der Waals surface area (Å²) in [7, 11) is -3.70. The van der Waals surface area contributed by atoms with E-state index in [1.54, 1.807) is 24.3 Å². The Morgan fingerprint density at radius 1 is 1.09 bits per heavy atom. The number of sulfone groups is 1. The fourth-order valence-corrected chi connectivity index (χ4v) is 9.34. The Balaban J connectivity index is 1.64. The minimum atomic E-state index is -3.70. The smallest absolute Gasteiger partial charge is 0.185 e. The first-order chi connectivity index (χ1) is 15.1. The highest BCUT2D eigenvalue weighted by Crippen LogP contribution is 2.64. The number of Topliss-reactive ketones (excluding diaryl/α,β-unsaturated/α-hetero) is 1. The number of hydrogen-bond donors (Lipinski definition) is 1. The fraction of sp³-hybridized carbons (Fsp3) is 0.538. The average molecular weight is 454 g/mol. The second kappa shape index (κ2) is 7.22. The van der Waals surface area contributed by atoms with E-state index in [1.165, 1.54) is 0 Å². The molecule has 1 aromatic carbocycles. The summed E-state index contributed by atoms with van der Waals surface area (Å²) in [6, 6.07) is 6.96. The van der Waals surface area contributed by atoms with Gasteiger partial charge in [0.2, 0.25) is 0 Å². The van der Waals surface area contributed by atoms with Crippen molar-refractivity contribution in [2.75, 3.05) is 6.54 Å². The van der Waals surface area contributed by atoms with Gasteiger partial charge >= 0.3 is 0 Å². The van der Waals surface area contributed by atoms with E-state index < -0.39 is 25.9 Å². The lowest BCUT2D eigenvalue weighted by molar-refractivity contribution is -0.132. The van der Waals surface area contributed by atoms with Gasteiger partial charge in [0.05, 0.1) is 10.1 Å². The van der Waals surface area contributed by atoms with Gasteiger partial charge in [0, 0.05) is 23.8 Å². The third-order valence-corrected chi connectivity index (χ3v) is 11.2. The van der Waals surface area contributed by atoms with Crippen molar-refractivity contribution in [2.24, 2.45) is 34.3 Å². The monoisotopic (exact) mass is 453 g/mol. The van der Waals surface area contributed by atoms with Gasteiger partial charge in [0.15, 0.2) is 15.6 Å². The van der Waals surface area contributed by atoms with Crippen molar-refractivity contribution < 1.29 is 18.0 Å². The SMILES string of the molecule is Cc1ccc(S(=O)(=O)[C@@H]2C[C@H]3[C@@H]4CCC(=O)[C@@]4(CN)CC[C@@H]3[C@@]3(C)C=CC(=O)C=C23)cc1. The molecule has 5 nitrogen and oxygen atoms in total. The molecular formula is C26H31NO4S. The Hall–Kier alpha value is -2.05. The maximum Gasteiger partial charge on any atom is 0.185 e. The van der Waals surface area contributed by atoms with E-state index in [0.717, 1.165) is 30.4 Å². The molecule has 0 amide bonds. The molecule has 0 heterocycles. The standard InChI is InChI=1S/C26H31NO4S/c1-16-3-5-18(6-4-16)32(30,31)23-14-19-20(25(2)11-9-17(28)13-22(23)25)10-12-26(15-27)21(19)7-8-24(26)29/h3-6,9,11,13,19-21,23H,7-8,10,12,14-15,27H2,1-2H3/t19-,20+,21+,23-,25-,26-/m1/s1. The van der Waals surface area contributed by atoms with Crippen LogP contribution in [0.5, 0.6) is 0 Å². The first-order valence-corrected chi connectivity index (χ1v) is 13.2. The summed E-state index contributed by atoms with van der Waals surface area (Å²) >= 11 is 0. The van der Waals surface area contributed by atoms with Crippen LogP contribution < -0.4 is 5.73 Å². The van der Waals surface area contributed by atoms with Crippen molar-refractivity contribution in [3.63, 3.8) is 0 Å². The molecule has 6 atom stereocenters. The highest BCUT2D eigenvalue weighted by molar-refractivity contribution is 7.92. The quantitative estimate of drug-likeness (QED) is 0.755. The van der Waals surface area contributed by atoms with Crippen LogP contribution in [0.15, 0.2) is 53.0 Å². The predicted molar refractivity (Wildman–Crippen MR) is 123 cm³/mol. The molecule has 0 bridgehead atoms. The molecular weight excluding hydrogens is 422 g/mol. The van der Waals surface area contributed by atoms with Crippen molar-refractivity contribution in [1.29, 1.82) is 0 Å². The lowest BCUT2D eigenvalue weighted by atomic mass is 9.48. The van der Waals surface area contributed by atoms with Crippen LogP contribution in [0, 0.1) is 35.5 Å². The maximum atomic E-state index is 13.9. The predicted octanol–water partition coefficient (Wildman–Crippen LogP) is 3.56. The minimum Gasteiger partial charge on any atom is -0.329 e. The van der Waals surface area contributed by atoms with E-state index in [9.17, 15) is 18.0 Å². The molecule has 0 radical (unpaired) electrons. The van der Waals surface area contributed by atoms with Crippen molar-refractivity contribution in [2.45, 2.75) is 56.1 Å². The molecule has 3 fully saturated rings. The van der Waals surface area contributed by atoms with Crippen LogP contribution in [-0.4, -0.2) is 31.8 Å². The highest BCUT2D eigenvalue weighted by Gasteiger charge is 2.62. The largest absolute Gasteiger partial charge is 0.329 e. The Bertz CT molecular complexity index is 1150. The van der Waals surface area contributed by atoms with Crippen molar-refractivity contribution in [1.82, 2.24) is 0 Å².